The van der Waals surface area contributed by atoms with Crippen LogP contribution in [0.2, 0.25) is 0 Å². The number of alkyl halides is 1. The Kier molecular flexibility index (Phi) is 8.94. The van der Waals surface area contributed by atoms with Gasteiger partial charge in [0.25, 0.3) is 0 Å². The fourth-order valence-electron chi connectivity index (χ4n) is 2.99. The first-order valence-corrected chi connectivity index (χ1v) is 11.0. The van der Waals surface area contributed by atoms with Crippen LogP contribution in [0.15, 0.2) is 60.7 Å². The molecule has 1 aliphatic rings. The van der Waals surface area contributed by atoms with E-state index in [1.807, 2.05) is 12.1 Å². The van der Waals surface area contributed by atoms with E-state index in [0.717, 1.165) is 29.8 Å². The van der Waals surface area contributed by atoms with E-state index in [0.29, 0.717) is 0 Å². The molecule has 4 unspecified atom stereocenters. The second-order valence-electron chi connectivity index (χ2n) is 7.04. The van der Waals surface area contributed by atoms with Crippen LogP contribution in [0.5, 0.6) is 0 Å². The number of rotatable bonds is 8. The lowest BCUT2D eigenvalue weighted by Crippen LogP contribution is -2.37. The van der Waals surface area contributed by atoms with Gasteiger partial charge in [-0.15, -0.1) is 11.8 Å². The quantitative estimate of drug-likeness (QED) is 0.404. The minimum Gasteiger partial charge on any atom is -0.448 e. The number of carbonyl (C=O) groups is 3. The molecule has 1 aliphatic heterocycles. The third-order valence-electron chi connectivity index (χ3n) is 4.53. The van der Waals surface area contributed by atoms with Crippen molar-refractivity contribution >= 4 is 30.0 Å². The van der Waals surface area contributed by atoms with Crippen LogP contribution in [-0.4, -0.2) is 47.8 Å². The number of esters is 1. The van der Waals surface area contributed by atoms with Crippen molar-refractivity contribution in [3.05, 3.63) is 71.8 Å². The van der Waals surface area contributed by atoms with Gasteiger partial charge in [-0.2, -0.15) is 0 Å². The molecule has 3 rings (SSSR count). The van der Waals surface area contributed by atoms with E-state index < -0.39 is 41.2 Å². The molecule has 0 N–H and O–H groups in total. The molecule has 0 saturated carbocycles. The first kappa shape index (κ1) is 24.4. The Morgan fingerprint density at radius 1 is 0.818 bits per heavy atom. The van der Waals surface area contributed by atoms with Crippen molar-refractivity contribution in [2.45, 2.75) is 43.1 Å². The lowest BCUT2D eigenvalue weighted by Gasteiger charge is -2.20. The minimum atomic E-state index is -1.84. The van der Waals surface area contributed by atoms with E-state index in [-0.39, 0.29) is 19.8 Å². The van der Waals surface area contributed by atoms with Gasteiger partial charge in [-0.05, 0) is 11.1 Å². The predicted octanol–water partition coefficient (Wildman–Crippen LogP) is 4.40. The van der Waals surface area contributed by atoms with Crippen molar-refractivity contribution in [2.24, 2.45) is 0 Å². The average Bonchev–Trinajstić information content (AvgIpc) is 3.10. The highest BCUT2D eigenvalue weighted by atomic mass is 32.2. The van der Waals surface area contributed by atoms with Gasteiger partial charge in [0.1, 0.15) is 19.8 Å². The van der Waals surface area contributed by atoms with Crippen molar-refractivity contribution in [3.8, 4) is 0 Å². The second-order valence-corrected chi connectivity index (χ2v) is 8.38. The molecule has 4 atom stereocenters. The van der Waals surface area contributed by atoms with Crippen molar-refractivity contribution in [1.82, 2.24) is 0 Å². The van der Waals surface area contributed by atoms with Crippen LogP contribution in [-0.2, 0) is 41.7 Å². The molecule has 1 saturated heterocycles. The van der Waals surface area contributed by atoms with Crippen LogP contribution in [0.1, 0.15) is 18.1 Å². The van der Waals surface area contributed by atoms with Crippen molar-refractivity contribution in [3.63, 3.8) is 0 Å². The molecule has 0 radical (unpaired) electrons. The van der Waals surface area contributed by atoms with Gasteiger partial charge in [0.2, 0.25) is 0 Å². The molecule has 2 aromatic rings. The van der Waals surface area contributed by atoms with E-state index in [4.69, 9.17) is 23.7 Å². The molecule has 0 amide bonds. The average molecular weight is 478 g/mol. The normalized spacial score (nSPS) is 21.6. The van der Waals surface area contributed by atoms with Gasteiger partial charge in [-0.1, -0.05) is 60.7 Å². The highest BCUT2D eigenvalue weighted by Crippen LogP contribution is 2.39. The molecular weight excluding hydrogens is 455 g/mol. The van der Waals surface area contributed by atoms with Crippen LogP contribution in [0.3, 0.4) is 0 Å². The summed E-state index contributed by atoms with van der Waals surface area (Å²) in [6.45, 7) is 0.761. The number of hydrogen-bond acceptors (Lipinski definition) is 9. The molecule has 8 nitrogen and oxygen atoms in total. The first-order chi connectivity index (χ1) is 15.9. The summed E-state index contributed by atoms with van der Waals surface area (Å²) in [5, 5.41) is -0.835. The third kappa shape index (κ3) is 7.67. The standard InChI is InChI=1S/C23H23FO8S/c1-15(25)31-21-19(24)20(32-23(27)29-13-17-10-6-3-7-11-17)18(33-21)14-30-22(26)28-12-16-8-4-2-5-9-16/h2-11,18-21H,12-14H2,1H3. The van der Waals surface area contributed by atoms with Gasteiger partial charge in [0.15, 0.2) is 17.7 Å². The summed E-state index contributed by atoms with van der Waals surface area (Å²) in [4.78, 5) is 35.4. The Labute approximate surface area is 194 Å². The predicted molar refractivity (Wildman–Crippen MR) is 116 cm³/mol. The van der Waals surface area contributed by atoms with E-state index >= 15 is 0 Å². The summed E-state index contributed by atoms with van der Waals surface area (Å²) in [6.07, 6.45) is -5.25. The fraction of sp³-hybridized carbons (Fsp3) is 0.348. The molecule has 0 bridgehead atoms. The Bertz CT molecular complexity index is 927. The Morgan fingerprint density at radius 2 is 1.36 bits per heavy atom. The van der Waals surface area contributed by atoms with E-state index in [9.17, 15) is 18.8 Å². The van der Waals surface area contributed by atoms with E-state index in [1.54, 1.807) is 48.5 Å². The summed E-state index contributed by atoms with van der Waals surface area (Å²) < 4.78 is 40.1. The molecule has 0 aliphatic carbocycles. The van der Waals surface area contributed by atoms with Gasteiger partial charge >= 0.3 is 18.3 Å². The Hall–Kier alpha value is -3.27. The van der Waals surface area contributed by atoms with Gasteiger partial charge in [-0.3, -0.25) is 4.79 Å². The number of hydrogen-bond donors (Lipinski definition) is 0. The molecule has 0 aromatic heterocycles. The minimum absolute atomic E-state index is 0.00499. The SMILES string of the molecule is CC(=O)OC1SC(COC(=O)OCc2ccccc2)C(OC(=O)OCc2ccccc2)C1F. The number of benzene rings is 2. The first-order valence-electron chi connectivity index (χ1n) is 10.1. The molecule has 176 valence electrons. The highest BCUT2D eigenvalue weighted by Gasteiger charge is 2.50. The lowest BCUT2D eigenvalue weighted by atomic mass is 10.2. The number of ether oxygens (including phenoxy) is 5. The van der Waals surface area contributed by atoms with Gasteiger partial charge in [-0.25, -0.2) is 14.0 Å². The summed E-state index contributed by atoms with van der Waals surface area (Å²) >= 11 is 0.884. The number of thioether (sulfide) groups is 1. The molecule has 1 heterocycles. The molecule has 0 spiro atoms. The van der Waals surface area contributed by atoms with Crippen LogP contribution < -0.4 is 0 Å². The Morgan fingerprint density at radius 3 is 1.91 bits per heavy atom. The van der Waals surface area contributed by atoms with Crippen molar-refractivity contribution in [1.29, 1.82) is 0 Å². The zero-order valence-corrected chi connectivity index (χ0v) is 18.6. The van der Waals surface area contributed by atoms with E-state index in [2.05, 4.69) is 0 Å². The smallest absolute Gasteiger partial charge is 0.448 e. The molecule has 33 heavy (non-hydrogen) atoms. The monoisotopic (exact) mass is 478 g/mol. The fourth-order valence-corrected chi connectivity index (χ4v) is 4.33. The lowest BCUT2D eigenvalue weighted by molar-refractivity contribution is -0.145. The van der Waals surface area contributed by atoms with Crippen LogP contribution >= 0.6 is 11.8 Å². The van der Waals surface area contributed by atoms with E-state index in [1.165, 1.54) is 0 Å². The maximum absolute atomic E-state index is 14.9. The van der Waals surface area contributed by atoms with Gasteiger partial charge in [0.05, 0.1) is 5.25 Å². The zero-order valence-electron chi connectivity index (χ0n) is 17.8. The summed E-state index contributed by atoms with van der Waals surface area (Å²) in [5.41, 5.74) is 0.278. The molecule has 1 fully saturated rings. The van der Waals surface area contributed by atoms with Crippen LogP contribution in [0, 0.1) is 0 Å². The molecular formula is C23H23FO8S. The maximum atomic E-state index is 14.9. The molecule has 2 aromatic carbocycles. The largest absolute Gasteiger partial charge is 0.509 e. The van der Waals surface area contributed by atoms with Crippen molar-refractivity contribution in [2.75, 3.05) is 6.61 Å². The number of halogens is 1. The second kappa shape index (κ2) is 12.1. The van der Waals surface area contributed by atoms with Crippen LogP contribution in [0.25, 0.3) is 0 Å². The summed E-state index contributed by atoms with van der Waals surface area (Å²) in [6, 6.07) is 17.9. The highest BCUT2D eigenvalue weighted by molar-refractivity contribution is 8.00. The zero-order chi connectivity index (χ0) is 23.6. The third-order valence-corrected chi connectivity index (χ3v) is 5.91. The Balaban J connectivity index is 1.53. The van der Waals surface area contributed by atoms with Crippen LogP contribution in [0.4, 0.5) is 14.0 Å². The van der Waals surface area contributed by atoms with Crippen molar-refractivity contribution < 1.29 is 42.5 Å². The van der Waals surface area contributed by atoms with Gasteiger partial charge < -0.3 is 23.7 Å². The molecule has 10 heteroatoms. The summed E-state index contributed by atoms with van der Waals surface area (Å²) in [7, 11) is 0. The topological polar surface area (TPSA) is 97.4 Å². The number of carbonyl (C=O) groups excluding carboxylic acids is 3. The van der Waals surface area contributed by atoms with Gasteiger partial charge in [0, 0.05) is 6.92 Å². The maximum Gasteiger partial charge on any atom is 0.509 e. The summed E-state index contributed by atoms with van der Waals surface area (Å²) in [5.74, 6) is -0.690.